The second kappa shape index (κ2) is 5.96. The van der Waals surface area contributed by atoms with Crippen molar-refractivity contribution in [2.75, 3.05) is 0 Å². The number of hydrogen-bond donors (Lipinski definition) is 4. The third-order valence-corrected chi connectivity index (χ3v) is 2.78. The maximum Gasteiger partial charge on any atom is 0.271 e. The van der Waals surface area contributed by atoms with Crippen LogP contribution >= 0.6 is 0 Å². The predicted molar refractivity (Wildman–Crippen MR) is 77.6 cm³/mol. The molecule has 0 heterocycles. The number of hydrogen-bond acceptors (Lipinski definition) is 5. The number of para-hydroxylation sites is 1. The van der Waals surface area contributed by atoms with E-state index in [9.17, 15) is 20.1 Å². The number of aromatic hydroxyl groups is 3. The lowest BCUT2D eigenvalue weighted by Crippen LogP contribution is -2.19. The van der Waals surface area contributed by atoms with Crippen LogP contribution in [0, 0.1) is 0 Å². The molecular formula is C15H14N2O4. The molecule has 4 N–H and O–H groups in total. The van der Waals surface area contributed by atoms with Gasteiger partial charge in [-0.05, 0) is 31.2 Å². The Kier molecular flexibility index (Phi) is 4.08. The van der Waals surface area contributed by atoms with Gasteiger partial charge >= 0.3 is 0 Å². The number of benzene rings is 2. The van der Waals surface area contributed by atoms with Gasteiger partial charge in [0.15, 0.2) is 0 Å². The van der Waals surface area contributed by atoms with E-state index in [4.69, 9.17) is 0 Å². The summed E-state index contributed by atoms with van der Waals surface area (Å²) in [5.41, 5.74) is 3.28. The van der Waals surface area contributed by atoms with E-state index >= 15 is 0 Å². The Balaban J connectivity index is 2.16. The molecule has 2 aromatic carbocycles. The number of phenolic OH excluding ortho intramolecular Hbond substituents is 3. The van der Waals surface area contributed by atoms with Crippen LogP contribution in [0.15, 0.2) is 47.6 Å². The van der Waals surface area contributed by atoms with Crippen LogP contribution in [-0.2, 0) is 0 Å². The Hall–Kier alpha value is -3.02. The van der Waals surface area contributed by atoms with E-state index in [0.717, 1.165) is 6.07 Å². The highest BCUT2D eigenvalue weighted by atomic mass is 16.3. The van der Waals surface area contributed by atoms with Gasteiger partial charge in [0.05, 0.1) is 5.71 Å². The van der Waals surface area contributed by atoms with Gasteiger partial charge in [0.1, 0.15) is 17.2 Å². The van der Waals surface area contributed by atoms with Crippen LogP contribution in [0.25, 0.3) is 0 Å². The fourth-order valence-corrected chi connectivity index (χ4v) is 1.77. The molecule has 0 atom stereocenters. The van der Waals surface area contributed by atoms with E-state index in [0.29, 0.717) is 11.3 Å². The molecule has 2 aromatic rings. The zero-order chi connectivity index (χ0) is 15.4. The number of phenols is 3. The summed E-state index contributed by atoms with van der Waals surface area (Å²) in [5.74, 6) is -0.970. The lowest BCUT2D eigenvalue weighted by Gasteiger charge is -2.05. The molecule has 2 rings (SSSR count). The highest BCUT2D eigenvalue weighted by molar-refractivity contribution is 6.02. The van der Waals surface area contributed by atoms with E-state index < -0.39 is 5.91 Å². The number of carbonyl (C=O) groups excluding carboxylic acids is 1. The minimum Gasteiger partial charge on any atom is -0.508 e. The second-order valence-electron chi connectivity index (χ2n) is 4.39. The first kappa shape index (κ1) is 14.4. The molecule has 1 amide bonds. The normalized spacial score (nSPS) is 11.2. The van der Waals surface area contributed by atoms with Gasteiger partial charge in [-0.25, -0.2) is 5.43 Å². The largest absolute Gasteiger partial charge is 0.508 e. The van der Waals surface area contributed by atoms with Gasteiger partial charge < -0.3 is 15.3 Å². The van der Waals surface area contributed by atoms with Crippen molar-refractivity contribution in [3.8, 4) is 17.2 Å². The van der Waals surface area contributed by atoms with Crippen LogP contribution in [0.1, 0.15) is 22.8 Å². The van der Waals surface area contributed by atoms with Crippen molar-refractivity contribution in [2.24, 2.45) is 5.10 Å². The molecule has 0 saturated carbocycles. The maximum absolute atomic E-state index is 11.9. The number of nitrogens with one attached hydrogen (secondary N) is 1. The Morgan fingerprint density at radius 1 is 1.05 bits per heavy atom. The number of nitrogens with zero attached hydrogens (tertiary/aromatic N) is 1. The topological polar surface area (TPSA) is 102 Å². The Bertz CT molecular complexity index is 690. The number of carbonyl (C=O) groups is 1. The summed E-state index contributed by atoms with van der Waals surface area (Å²) >= 11 is 0. The van der Waals surface area contributed by atoms with Gasteiger partial charge in [0.25, 0.3) is 5.91 Å². The predicted octanol–water partition coefficient (Wildman–Crippen LogP) is 1.96. The van der Waals surface area contributed by atoms with E-state index in [2.05, 4.69) is 10.5 Å². The lowest BCUT2D eigenvalue weighted by molar-refractivity contribution is 0.0954. The molecule has 108 valence electrons. The van der Waals surface area contributed by atoms with Gasteiger partial charge in [0.2, 0.25) is 0 Å². The molecule has 0 aliphatic carbocycles. The van der Waals surface area contributed by atoms with Gasteiger partial charge in [-0.2, -0.15) is 5.10 Å². The van der Waals surface area contributed by atoms with Crippen LogP contribution < -0.4 is 5.43 Å². The lowest BCUT2D eigenvalue weighted by atomic mass is 10.1. The van der Waals surface area contributed by atoms with E-state index in [1.165, 1.54) is 18.2 Å². The van der Waals surface area contributed by atoms with Crippen molar-refractivity contribution in [3.05, 3.63) is 53.6 Å². The molecule has 21 heavy (non-hydrogen) atoms. The summed E-state index contributed by atoms with van der Waals surface area (Å²) in [6, 6.07) is 10.1. The quantitative estimate of drug-likeness (QED) is 0.511. The van der Waals surface area contributed by atoms with Crippen molar-refractivity contribution in [1.29, 1.82) is 0 Å². The van der Waals surface area contributed by atoms with Gasteiger partial charge in [0, 0.05) is 17.2 Å². The summed E-state index contributed by atoms with van der Waals surface area (Å²) in [7, 11) is 0. The molecule has 0 fully saturated rings. The molecule has 0 spiro atoms. The van der Waals surface area contributed by atoms with E-state index in [1.807, 2.05) is 0 Å². The fraction of sp³-hybridized carbons (Fsp3) is 0.0667. The minimum absolute atomic E-state index is 0.0583. The number of amides is 1. The Labute approximate surface area is 121 Å². The fourth-order valence-electron chi connectivity index (χ4n) is 1.77. The summed E-state index contributed by atoms with van der Waals surface area (Å²) in [4.78, 5) is 11.9. The van der Waals surface area contributed by atoms with Crippen LogP contribution in [0.5, 0.6) is 17.2 Å². The molecule has 0 aromatic heterocycles. The molecule has 6 nitrogen and oxygen atoms in total. The van der Waals surface area contributed by atoms with E-state index in [-0.39, 0.29) is 22.8 Å². The van der Waals surface area contributed by atoms with Crippen molar-refractivity contribution in [3.63, 3.8) is 0 Å². The Morgan fingerprint density at radius 2 is 1.67 bits per heavy atom. The van der Waals surface area contributed by atoms with Gasteiger partial charge in [-0.3, -0.25) is 4.79 Å². The molecule has 0 radical (unpaired) electrons. The molecular weight excluding hydrogens is 272 g/mol. The third kappa shape index (κ3) is 3.50. The number of hydrazone groups is 1. The second-order valence-corrected chi connectivity index (χ2v) is 4.39. The first-order valence-electron chi connectivity index (χ1n) is 6.13. The highest BCUT2D eigenvalue weighted by Crippen LogP contribution is 2.20. The first-order chi connectivity index (χ1) is 9.97. The summed E-state index contributed by atoms with van der Waals surface area (Å²) in [5, 5.41) is 32.2. The first-order valence-corrected chi connectivity index (χ1v) is 6.13. The van der Waals surface area contributed by atoms with Crippen LogP contribution in [0.3, 0.4) is 0 Å². The van der Waals surface area contributed by atoms with Crippen LogP contribution in [0.4, 0.5) is 0 Å². The Morgan fingerprint density at radius 3 is 2.29 bits per heavy atom. The minimum atomic E-state index is -0.587. The maximum atomic E-state index is 11.9. The molecule has 0 aliphatic rings. The molecule has 6 heteroatoms. The smallest absolute Gasteiger partial charge is 0.271 e. The standard InChI is InChI=1S/C15H14N2O4/c1-9(13-4-2-3-5-14(13)20)16-17-15(21)10-6-11(18)8-12(19)7-10/h2-8,18-20H,1H3,(H,17,21). The number of rotatable bonds is 3. The molecule has 0 unspecified atom stereocenters. The SMILES string of the molecule is CC(=NNC(=O)c1cc(O)cc(O)c1)c1ccccc1O. The monoisotopic (exact) mass is 286 g/mol. The van der Waals surface area contributed by atoms with Crippen molar-refractivity contribution in [2.45, 2.75) is 6.92 Å². The molecule has 0 aliphatic heterocycles. The van der Waals surface area contributed by atoms with Crippen LogP contribution in [-0.4, -0.2) is 26.9 Å². The average molecular weight is 286 g/mol. The van der Waals surface area contributed by atoms with Crippen LogP contribution in [0.2, 0.25) is 0 Å². The highest BCUT2D eigenvalue weighted by Gasteiger charge is 2.09. The van der Waals surface area contributed by atoms with Gasteiger partial charge in [-0.1, -0.05) is 12.1 Å². The molecule has 0 saturated heterocycles. The van der Waals surface area contributed by atoms with Gasteiger partial charge in [-0.15, -0.1) is 0 Å². The van der Waals surface area contributed by atoms with Crippen molar-refractivity contribution in [1.82, 2.24) is 5.43 Å². The molecule has 0 bridgehead atoms. The average Bonchev–Trinajstić information content (AvgIpc) is 2.43. The summed E-state index contributed by atoms with van der Waals surface area (Å²) in [6.45, 7) is 1.63. The summed E-state index contributed by atoms with van der Waals surface area (Å²) < 4.78 is 0. The van der Waals surface area contributed by atoms with Crippen molar-refractivity contribution >= 4 is 11.6 Å². The zero-order valence-electron chi connectivity index (χ0n) is 11.2. The summed E-state index contributed by atoms with van der Waals surface area (Å²) in [6.07, 6.45) is 0. The zero-order valence-corrected chi connectivity index (χ0v) is 11.2. The van der Waals surface area contributed by atoms with Crippen molar-refractivity contribution < 1.29 is 20.1 Å². The third-order valence-electron chi connectivity index (χ3n) is 2.78. The van der Waals surface area contributed by atoms with E-state index in [1.54, 1.807) is 25.1 Å².